The zero-order valence-electron chi connectivity index (χ0n) is 10.1. The maximum Gasteiger partial charge on any atom is 0.508 e. The highest BCUT2D eigenvalue weighted by atomic mass is 31.1. The largest absolute Gasteiger partial charge is 0.508 e. The van der Waals surface area contributed by atoms with E-state index in [4.69, 9.17) is 4.52 Å². The molecule has 0 saturated heterocycles. The molecule has 1 rings (SSSR count). The number of unbranched alkanes of at least 4 members (excludes halogenated alkanes) is 1. The summed E-state index contributed by atoms with van der Waals surface area (Å²) in [6.07, 6.45) is 3.54. The highest BCUT2D eigenvalue weighted by Gasteiger charge is 2.16. The van der Waals surface area contributed by atoms with Crippen molar-refractivity contribution in [3.63, 3.8) is 0 Å². The monoisotopic (exact) mass is 239 g/mol. The lowest BCUT2D eigenvalue weighted by Gasteiger charge is -1.96. The Morgan fingerprint density at radius 1 is 1.25 bits per heavy atom. The lowest BCUT2D eigenvalue weighted by atomic mass is 10.1. The van der Waals surface area contributed by atoms with Gasteiger partial charge in [-0.05, 0) is 23.5 Å². The highest BCUT2D eigenvalue weighted by Crippen LogP contribution is 2.23. The Morgan fingerprint density at radius 2 is 1.94 bits per heavy atom. The van der Waals surface area contributed by atoms with Crippen LogP contribution < -0.4 is 0 Å². The molecule has 0 aromatic heterocycles. The van der Waals surface area contributed by atoms with Gasteiger partial charge in [0, 0.05) is 6.42 Å². The fraction of sp³-hybridized carbons (Fsp3) is 0.538. The summed E-state index contributed by atoms with van der Waals surface area (Å²) in [7, 11) is -1.47. The van der Waals surface area contributed by atoms with Gasteiger partial charge in [-0.3, -0.25) is 0 Å². The lowest BCUT2D eigenvalue weighted by Crippen LogP contribution is -1.92. The zero-order chi connectivity index (χ0) is 11.8. The Bertz CT molecular complexity index is 319. The number of aryl methyl sites for hydroxylation is 2. The highest BCUT2D eigenvalue weighted by molar-refractivity contribution is 7.39. The van der Waals surface area contributed by atoms with Crippen LogP contribution in [-0.2, 0) is 15.5 Å². The molecule has 88 valence electrons. The summed E-state index contributed by atoms with van der Waals surface area (Å²) in [6, 6.07) is 8.34. The standard InChI is InChI=1S/C13H20O2P/c1-3-4-10-15-16(14)11-9-13-7-5-12(2)6-8-13/h5-8H,3-4,9-11H2,1-2H3/q+1. The van der Waals surface area contributed by atoms with Gasteiger partial charge in [0.25, 0.3) is 0 Å². The molecule has 0 aliphatic carbocycles. The van der Waals surface area contributed by atoms with E-state index in [1.165, 1.54) is 11.1 Å². The molecule has 0 heterocycles. The predicted molar refractivity (Wildman–Crippen MR) is 68.2 cm³/mol. The molecule has 1 atom stereocenters. The Balaban J connectivity index is 2.23. The van der Waals surface area contributed by atoms with Crippen LogP contribution in [0.3, 0.4) is 0 Å². The van der Waals surface area contributed by atoms with Crippen molar-refractivity contribution in [1.29, 1.82) is 0 Å². The SMILES string of the molecule is CCCCO[P+](=O)CCc1ccc(C)cc1. The zero-order valence-corrected chi connectivity index (χ0v) is 11.0. The number of hydrogen-bond donors (Lipinski definition) is 0. The summed E-state index contributed by atoms with van der Waals surface area (Å²) in [5.74, 6) is 0. The number of hydrogen-bond acceptors (Lipinski definition) is 2. The molecule has 0 amide bonds. The van der Waals surface area contributed by atoms with E-state index in [1.54, 1.807) is 0 Å². The van der Waals surface area contributed by atoms with Gasteiger partial charge >= 0.3 is 8.03 Å². The first-order chi connectivity index (χ1) is 7.72. The summed E-state index contributed by atoms with van der Waals surface area (Å²) >= 11 is 0. The Kier molecular flexibility index (Phi) is 6.29. The molecule has 0 fully saturated rings. The normalized spacial score (nSPS) is 11.5. The average Bonchev–Trinajstić information content (AvgIpc) is 2.29. The second-order valence-corrected chi connectivity index (χ2v) is 5.35. The van der Waals surface area contributed by atoms with Crippen molar-refractivity contribution in [2.45, 2.75) is 33.1 Å². The van der Waals surface area contributed by atoms with Crippen LogP contribution in [0, 0.1) is 6.92 Å². The molecule has 0 bridgehead atoms. The smallest absolute Gasteiger partial charge is 0.146 e. The Hall–Kier alpha value is -0.720. The number of rotatable bonds is 7. The molecular weight excluding hydrogens is 219 g/mol. The third kappa shape index (κ3) is 5.39. The molecule has 1 unspecified atom stereocenters. The van der Waals surface area contributed by atoms with E-state index in [1.807, 2.05) is 0 Å². The minimum atomic E-state index is -1.47. The topological polar surface area (TPSA) is 26.3 Å². The van der Waals surface area contributed by atoms with E-state index in [0.29, 0.717) is 12.8 Å². The van der Waals surface area contributed by atoms with Crippen molar-refractivity contribution in [2.24, 2.45) is 0 Å². The second kappa shape index (κ2) is 7.54. The van der Waals surface area contributed by atoms with Crippen molar-refractivity contribution in [2.75, 3.05) is 12.8 Å². The Morgan fingerprint density at radius 3 is 2.56 bits per heavy atom. The third-order valence-electron chi connectivity index (χ3n) is 2.44. The molecule has 0 aliphatic heterocycles. The van der Waals surface area contributed by atoms with Crippen LogP contribution in [0.2, 0.25) is 0 Å². The average molecular weight is 239 g/mol. The van der Waals surface area contributed by atoms with Gasteiger partial charge in [0.05, 0.1) is 0 Å². The third-order valence-corrected chi connectivity index (χ3v) is 3.50. The van der Waals surface area contributed by atoms with E-state index >= 15 is 0 Å². The van der Waals surface area contributed by atoms with Crippen LogP contribution >= 0.6 is 8.03 Å². The fourth-order valence-corrected chi connectivity index (χ4v) is 2.25. The summed E-state index contributed by atoms with van der Waals surface area (Å²) in [6.45, 7) is 4.79. The maximum atomic E-state index is 11.5. The molecule has 16 heavy (non-hydrogen) atoms. The molecule has 1 aromatic carbocycles. The lowest BCUT2D eigenvalue weighted by molar-refractivity contribution is 0.321. The molecule has 0 radical (unpaired) electrons. The van der Waals surface area contributed by atoms with E-state index in [9.17, 15) is 4.57 Å². The first-order valence-electron chi connectivity index (χ1n) is 5.85. The Labute approximate surface area is 98.9 Å². The van der Waals surface area contributed by atoms with Gasteiger partial charge in [0.1, 0.15) is 6.61 Å². The van der Waals surface area contributed by atoms with Crippen molar-refractivity contribution in [1.82, 2.24) is 0 Å². The van der Waals surface area contributed by atoms with E-state index in [-0.39, 0.29) is 0 Å². The molecule has 0 spiro atoms. The minimum absolute atomic E-state index is 0.625. The summed E-state index contributed by atoms with van der Waals surface area (Å²) in [4.78, 5) is 0. The van der Waals surface area contributed by atoms with Gasteiger partial charge in [-0.15, -0.1) is 4.52 Å². The maximum absolute atomic E-state index is 11.5. The fourth-order valence-electron chi connectivity index (χ4n) is 1.35. The summed E-state index contributed by atoms with van der Waals surface area (Å²) in [5.41, 5.74) is 2.49. The summed E-state index contributed by atoms with van der Waals surface area (Å²) in [5, 5.41) is 0. The van der Waals surface area contributed by atoms with Crippen LogP contribution in [0.1, 0.15) is 30.9 Å². The molecule has 3 heteroatoms. The van der Waals surface area contributed by atoms with Gasteiger partial charge in [-0.2, -0.15) is 0 Å². The second-order valence-electron chi connectivity index (χ2n) is 3.98. The van der Waals surface area contributed by atoms with Gasteiger partial charge in [0.15, 0.2) is 6.16 Å². The molecule has 2 nitrogen and oxygen atoms in total. The van der Waals surface area contributed by atoms with Crippen LogP contribution in [0.4, 0.5) is 0 Å². The van der Waals surface area contributed by atoms with Crippen molar-refractivity contribution in [3.05, 3.63) is 35.4 Å². The van der Waals surface area contributed by atoms with Crippen molar-refractivity contribution >= 4 is 8.03 Å². The van der Waals surface area contributed by atoms with Crippen LogP contribution in [0.25, 0.3) is 0 Å². The van der Waals surface area contributed by atoms with E-state index < -0.39 is 8.03 Å². The van der Waals surface area contributed by atoms with Crippen LogP contribution in [-0.4, -0.2) is 12.8 Å². The quantitative estimate of drug-likeness (QED) is 0.529. The molecule has 1 aromatic rings. The van der Waals surface area contributed by atoms with Gasteiger partial charge in [-0.1, -0.05) is 43.2 Å². The van der Waals surface area contributed by atoms with Gasteiger partial charge in [0.2, 0.25) is 0 Å². The number of benzene rings is 1. The molecule has 0 aliphatic rings. The van der Waals surface area contributed by atoms with Gasteiger partial charge < -0.3 is 0 Å². The van der Waals surface area contributed by atoms with Crippen molar-refractivity contribution in [3.8, 4) is 0 Å². The summed E-state index contributed by atoms with van der Waals surface area (Å²) < 4.78 is 16.7. The minimum Gasteiger partial charge on any atom is -0.146 e. The van der Waals surface area contributed by atoms with Crippen molar-refractivity contribution < 1.29 is 9.09 Å². The van der Waals surface area contributed by atoms with E-state index in [2.05, 4.69) is 38.1 Å². The van der Waals surface area contributed by atoms with Crippen LogP contribution in [0.15, 0.2) is 24.3 Å². The first kappa shape index (κ1) is 13.3. The molecular formula is C13H20O2P+. The molecule has 0 N–H and O–H groups in total. The van der Waals surface area contributed by atoms with Crippen LogP contribution in [0.5, 0.6) is 0 Å². The van der Waals surface area contributed by atoms with E-state index in [0.717, 1.165) is 19.3 Å². The predicted octanol–water partition coefficient (Wildman–Crippen LogP) is 4.10. The van der Waals surface area contributed by atoms with Gasteiger partial charge in [-0.25, -0.2) is 0 Å². The molecule has 0 saturated carbocycles. The first-order valence-corrected chi connectivity index (χ1v) is 7.21.